The summed E-state index contributed by atoms with van der Waals surface area (Å²) in [6.07, 6.45) is 3.13. The Bertz CT molecular complexity index is 1110. The third-order valence-electron chi connectivity index (χ3n) is 4.29. The minimum absolute atomic E-state index is 0.00226. The van der Waals surface area contributed by atoms with Crippen molar-refractivity contribution < 1.29 is 14.3 Å². The van der Waals surface area contributed by atoms with Gasteiger partial charge in [-0.25, -0.2) is 0 Å². The number of allylic oxidation sites excluding steroid dienone is 1. The summed E-state index contributed by atoms with van der Waals surface area (Å²) in [7, 11) is 2.98. The SMILES string of the molecule is COc1cc(C=C(C#N)C(=O)c2c[nH]c3cccc(C)c23)cc(Cl)c1OC. The third-order valence-corrected chi connectivity index (χ3v) is 4.57. The zero-order valence-electron chi connectivity index (χ0n) is 15.1. The van der Waals surface area contributed by atoms with Crippen molar-refractivity contribution in [3.63, 3.8) is 0 Å². The molecule has 0 aliphatic carbocycles. The topological polar surface area (TPSA) is 75.1 Å². The standard InChI is InChI=1S/C21H17ClN2O3/c1-12-5-4-6-17-19(12)15(11-24-17)20(25)14(10-23)7-13-8-16(22)21(27-3)18(9-13)26-2/h4-9,11,24H,1-3H3. The highest BCUT2D eigenvalue weighted by molar-refractivity contribution is 6.32. The van der Waals surface area contributed by atoms with Crippen LogP contribution in [0.25, 0.3) is 17.0 Å². The lowest BCUT2D eigenvalue weighted by Crippen LogP contribution is -2.02. The second-order valence-electron chi connectivity index (χ2n) is 5.94. The number of rotatable bonds is 5. The van der Waals surface area contributed by atoms with E-state index in [1.54, 1.807) is 18.3 Å². The predicted octanol–water partition coefficient (Wildman–Crippen LogP) is 4.94. The Morgan fingerprint density at radius 3 is 2.70 bits per heavy atom. The monoisotopic (exact) mass is 380 g/mol. The molecule has 0 unspecified atom stereocenters. The number of fused-ring (bicyclic) bond motifs is 1. The van der Waals surface area contributed by atoms with E-state index in [-0.39, 0.29) is 11.4 Å². The normalized spacial score (nSPS) is 11.3. The molecule has 0 amide bonds. The summed E-state index contributed by atoms with van der Waals surface area (Å²) in [6.45, 7) is 1.93. The van der Waals surface area contributed by atoms with E-state index in [2.05, 4.69) is 4.98 Å². The molecule has 0 spiro atoms. The zero-order valence-corrected chi connectivity index (χ0v) is 15.8. The Morgan fingerprint density at radius 1 is 1.26 bits per heavy atom. The van der Waals surface area contributed by atoms with Crippen molar-refractivity contribution >= 4 is 34.4 Å². The number of methoxy groups -OCH3 is 2. The van der Waals surface area contributed by atoms with Gasteiger partial charge in [0.15, 0.2) is 11.5 Å². The molecule has 0 saturated heterocycles. The van der Waals surface area contributed by atoms with Crippen LogP contribution in [0.2, 0.25) is 5.02 Å². The fraction of sp³-hybridized carbons (Fsp3) is 0.143. The van der Waals surface area contributed by atoms with E-state index < -0.39 is 0 Å². The number of carbonyl (C=O) groups is 1. The zero-order chi connectivity index (χ0) is 19.6. The van der Waals surface area contributed by atoms with Gasteiger partial charge in [-0.2, -0.15) is 5.26 Å². The minimum atomic E-state index is -0.357. The molecule has 1 N–H and O–H groups in total. The Kier molecular flexibility index (Phi) is 5.20. The number of H-pyrrole nitrogens is 1. The van der Waals surface area contributed by atoms with Gasteiger partial charge < -0.3 is 14.5 Å². The fourth-order valence-electron chi connectivity index (χ4n) is 3.03. The van der Waals surface area contributed by atoms with Crippen LogP contribution in [0.15, 0.2) is 42.1 Å². The van der Waals surface area contributed by atoms with Crippen LogP contribution in [0.3, 0.4) is 0 Å². The number of aryl methyl sites for hydroxylation is 1. The first-order valence-electron chi connectivity index (χ1n) is 8.14. The number of nitrogens with zero attached hydrogens (tertiary/aromatic N) is 1. The van der Waals surface area contributed by atoms with Gasteiger partial charge in [0.25, 0.3) is 0 Å². The van der Waals surface area contributed by atoms with Gasteiger partial charge in [-0.05, 0) is 42.3 Å². The molecule has 5 nitrogen and oxygen atoms in total. The van der Waals surface area contributed by atoms with Crippen molar-refractivity contribution in [3.8, 4) is 17.6 Å². The number of hydrogen-bond acceptors (Lipinski definition) is 4. The summed E-state index contributed by atoms with van der Waals surface area (Å²) < 4.78 is 10.5. The smallest absolute Gasteiger partial charge is 0.205 e. The van der Waals surface area contributed by atoms with Gasteiger partial charge in [0.1, 0.15) is 11.6 Å². The van der Waals surface area contributed by atoms with Crippen LogP contribution in [0.4, 0.5) is 0 Å². The molecule has 3 aromatic rings. The first-order chi connectivity index (χ1) is 13.0. The van der Waals surface area contributed by atoms with Gasteiger partial charge in [0.05, 0.1) is 19.2 Å². The Labute approximate surface area is 161 Å². The molecule has 0 fully saturated rings. The fourth-order valence-corrected chi connectivity index (χ4v) is 3.32. The van der Waals surface area contributed by atoms with Gasteiger partial charge in [0, 0.05) is 22.7 Å². The van der Waals surface area contributed by atoms with E-state index in [1.807, 2.05) is 31.2 Å². The summed E-state index contributed by atoms with van der Waals surface area (Å²) in [5.41, 5.74) is 2.84. The number of hydrogen-bond donors (Lipinski definition) is 1. The maximum Gasteiger partial charge on any atom is 0.205 e. The maximum atomic E-state index is 13.0. The van der Waals surface area contributed by atoms with Crippen LogP contribution >= 0.6 is 11.6 Å². The Hall–Kier alpha value is -3.23. The number of Topliss-reactive ketones (excluding diaryl/α,β-unsaturated/α-hetero) is 1. The quantitative estimate of drug-likeness (QED) is 0.386. The van der Waals surface area contributed by atoms with Crippen molar-refractivity contribution in [2.45, 2.75) is 6.92 Å². The number of nitriles is 1. The molecule has 1 heterocycles. The molecular formula is C21H17ClN2O3. The lowest BCUT2D eigenvalue weighted by atomic mass is 9.99. The largest absolute Gasteiger partial charge is 0.493 e. The number of ketones is 1. The summed E-state index contributed by atoms with van der Waals surface area (Å²) in [5.74, 6) is 0.460. The number of benzene rings is 2. The van der Waals surface area contributed by atoms with Crippen LogP contribution in [-0.4, -0.2) is 25.0 Å². The molecule has 27 heavy (non-hydrogen) atoms. The van der Waals surface area contributed by atoms with Crippen molar-refractivity contribution in [1.82, 2.24) is 4.98 Å². The first kappa shape index (κ1) is 18.6. The molecule has 136 valence electrons. The lowest BCUT2D eigenvalue weighted by Gasteiger charge is -2.10. The molecule has 0 atom stereocenters. The molecule has 1 aromatic heterocycles. The highest BCUT2D eigenvalue weighted by Crippen LogP contribution is 2.36. The van der Waals surface area contributed by atoms with E-state index in [9.17, 15) is 10.1 Å². The predicted molar refractivity (Wildman–Crippen MR) is 106 cm³/mol. The summed E-state index contributed by atoms with van der Waals surface area (Å²) in [5, 5.41) is 10.7. The number of nitrogens with one attached hydrogen (secondary N) is 1. The maximum absolute atomic E-state index is 13.0. The van der Waals surface area contributed by atoms with Crippen molar-refractivity contribution in [1.29, 1.82) is 5.26 Å². The van der Waals surface area contributed by atoms with Crippen LogP contribution in [0.5, 0.6) is 11.5 Å². The van der Waals surface area contributed by atoms with Crippen molar-refractivity contribution in [2.75, 3.05) is 14.2 Å². The third kappa shape index (κ3) is 3.40. The molecule has 3 rings (SSSR count). The summed E-state index contributed by atoms with van der Waals surface area (Å²) in [4.78, 5) is 16.1. The Balaban J connectivity index is 2.08. The first-order valence-corrected chi connectivity index (χ1v) is 8.52. The highest BCUT2D eigenvalue weighted by Gasteiger charge is 2.18. The second kappa shape index (κ2) is 7.56. The van der Waals surface area contributed by atoms with Crippen LogP contribution in [0.1, 0.15) is 21.5 Å². The van der Waals surface area contributed by atoms with Gasteiger partial charge in [-0.3, -0.25) is 4.79 Å². The number of halogens is 1. The molecular weight excluding hydrogens is 364 g/mol. The minimum Gasteiger partial charge on any atom is -0.493 e. The van der Waals surface area contributed by atoms with E-state index in [4.69, 9.17) is 21.1 Å². The molecule has 6 heteroatoms. The van der Waals surface area contributed by atoms with E-state index >= 15 is 0 Å². The van der Waals surface area contributed by atoms with Crippen LogP contribution < -0.4 is 9.47 Å². The molecule has 0 bridgehead atoms. The Morgan fingerprint density at radius 2 is 2.04 bits per heavy atom. The van der Waals surface area contributed by atoms with Gasteiger partial charge >= 0.3 is 0 Å². The van der Waals surface area contributed by atoms with Crippen LogP contribution in [-0.2, 0) is 0 Å². The van der Waals surface area contributed by atoms with E-state index in [1.165, 1.54) is 20.3 Å². The summed E-state index contributed by atoms with van der Waals surface area (Å²) in [6, 6.07) is 11.0. The van der Waals surface area contributed by atoms with Gasteiger partial charge in [-0.15, -0.1) is 0 Å². The number of aromatic amines is 1. The average Bonchev–Trinajstić information content (AvgIpc) is 3.10. The lowest BCUT2D eigenvalue weighted by molar-refractivity contribution is 0.104. The highest BCUT2D eigenvalue weighted by atomic mass is 35.5. The molecule has 0 saturated carbocycles. The summed E-state index contributed by atoms with van der Waals surface area (Å²) >= 11 is 6.21. The van der Waals surface area contributed by atoms with Crippen molar-refractivity contribution in [2.24, 2.45) is 0 Å². The van der Waals surface area contributed by atoms with Crippen LogP contribution in [0, 0.1) is 18.3 Å². The van der Waals surface area contributed by atoms with E-state index in [0.29, 0.717) is 27.6 Å². The molecule has 0 aliphatic rings. The van der Waals surface area contributed by atoms with Gasteiger partial charge in [-0.1, -0.05) is 23.7 Å². The van der Waals surface area contributed by atoms with E-state index in [0.717, 1.165) is 16.5 Å². The number of aromatic nitrogens is 1. The average molecular weight is 381 g/mol. The molecule has 2 aromatic carbocycles. The second-order valence-corrected chi connectivity index (χ2v) is 6.34. The van der Waals surface area contributed by atoms with Crippen molar-refractivity contribution in [3.05, 3.63) is 63.8 Å². The number of carbonyl (C=O) groups excluding carboxylic acids is 1. The molecule has 0 radical (unpaired) electrons. The number of ether oxygens (including phenoxy) is 2. The van der Waals surface area contributed by atoms with Gasteiger partial charge in [0.2, 0.25) is 5.78 Å². The molecule has 0 aliphatic heterocycles.